The number of likely N-dealkylation sites (tertiary alicyclic amines) is 1. The van der Waals surface area contributed by atoms with Crippen molar-refractivity contribution in [1.82, 2.24) is 19.4 Å². The van der Waals surface area contributed by atoms with Crippen LogP contribution in [0.1, 0.15) is 65.3 Å². The molecule has 2 aliphatic heterocycles. The Morgan fingerprint density at radius 3 is 2.92 bits per heavy atom. The lowest BCUT2D eigenvalue weighted by atomic mass is 9.96. The minimum Gasteiger partial charge on any atom is -0.436 e. The maximum absolute atomic E-state index is 12.8. The predicted octanol–water partition coefficient (Wildman–Crippen LogP) is 2.84. The van der Waals surface area contributed by atoms with E-state index in [1.165, 1.54) is 18.5 Å². The van der Waals surface area contributed by atoms with E-state index in [4.69, 9.17) is 9.40 Å². The number of amides is 1. The van der Waals surface area contributed by atoms with E-state index in [0.717, 1.165) is 38.2 Å². The largest absolute Gasteiger partial charge is 0.436 e. The Labute approximate surface area is 141 Å². The normalized spacial score (nSPS) is 20.9. The first-order chi connectivity index (χ1) is 11.6. The molecule has 128 valence electrons. The molecule has 1 unspecified atom stereocenters. The van der Waals surface area contributed by atoms with Crippen molar-refractivity contribution in [3.8, 4) is 0 Å². The highest BCUT2D eigenvalue weighted by atomic mass is 16.4. The van der Waals surface area contributed by atoms with Gasteiger partial charge in [-0.2, -0.15) is 0 Å². The highest BCUT2D eigenvalue weighted by Crippen LogP contribution is 2.30. The SMILES string of the molecule is Cc1nc(C)c(C(=O)N2CCCC(c3ncc4n3CCCC4)C2)o1. The van der Waals surface area contributed by atoms with Crippen molar-refractivity contribution in [3.63, 3.8) is 0 Å². The average molecular weight is 328 g/mol. The Bertz CT molecular complexity index is 761. The van der Waals surface area contributed by atoms with E-state index >= 15 is 0 Å². The number of carbonyl (C=O) groups is 1. The third-order valence-electron chi connectivity index (χ3n) is 5.21. The van der Waals surface area contributed by atoms with E-state index in [9.17, 15) is 4.79 Å². The third-order valence-corrected chi connectivity index (χ3v) is 5.21. The van der Waals surface area contributed by atoms with Crippen molar-refractivity contribution in [1.29, 1.82) is 0 Å². The number of oxazole rings is 1. The molecule has 6 heteroatoms. The zero-order chi connectivity index (χ0) is 16.7. The Balaban J connectivity index is 1.55. The summed E-state index contributed by atoms with van der Waals surface area (Å²) in [6.45, 7) is 6.17. The lowest BCUT2D eigenvalue weighted by molar-refractivity contribution is 0.0668. The molecule has 0 bridgehead atoms. The molecular weight excluding hydrogens is 304 g/mol. The first-order valence-electron chi connectivity index (χ1n) is 8.91. The van der Waals surface area contributed by atoms with Gasteiger partial charge in [-0.3, -0.25) is 4.79 Å². The van der Waals surface area contributed by atoms with E-state index < -0.39 is 0 Å². The number of carbonyl (C=O) groups excluding carboxylic acids is 1. The van der Waals surface area contributed by atoms with Crippen LogP contribution in [0.3, 0.4) is 0 Å². The zero-order valence-electron chi connectivity index (χ0n) is 14.4. The van der Waals surface area contributed by atoms with E-state index in [0.29, 0.717) is 29.8 Å². The van der Waals surface area contributed by atoms with Gasteiger partial charge < -0.3 is 13.9 Å². The minimum atomic E-state index is -0.0387. The molecule has 6 nitrogen and oxygen atoms in total. The number of hydrogen-bond donors (Lipinski definition) is 0. The standard InChI is InChI=1S/C18H24N4O2/c1-12-16(24-13(2)20-12)18(23)21-8-5-6-14(11-21)17-19-10-15-7-3-4-9-22(15)17/h10,14H,3-9,11H2,1-2H3. The first-order valence-corrected chi connectivity index (χ1v) is 8.91. The maximum Gasteiger partial charge on any atom is 0.291 e. The van der Waals surface area contributed by atoms with Gasteiger partial charge in [0.1, 0.15) is 5.82 Å². The van der Waals surface area contributed by atoms with Gasteiger partial charge in [0.25, 0.3) is 5.91 Å². The minimum absolute atomic E-state index is 0.0387. The molecule has 4 heterocycles. The lowest BCUT2D eigenvalue weighted by Crippen LogP contribution is -2.40. The predicted molar refractivity (Wildman–Crippen MR) is 89.0 cm³/mol. The van der Waals surface area contributed by atoms with Gasteiger partial charge in [-0.25, -0.2) is 9.97 Å². The Morgan fingerprint density at radius 2 is 2.12 bits per heavy atom. The summed E-state index contributed by atoms with van der Waals surface area (Å²) in [5.74, 6) is 2.37. The summed E-state index contributed by atoms with van der Waals surface area (Å²) in [5.41, 5.74) is 2.03. The quantitative estimate of drug-likeness (QED) is 0.850. The molecule has 1 fully saturated rings. The molecular formula is C18H24N4O2. The third kappa shape index (κ3) is 2.64. The molecule has 4 rings (SSSR count). The summed E-state index contributed by atoms with van der Waals surface area (Å²) in [6.07, 6.45) is 7.73. The van der Waals surface area contributed by atoms with Crippen molar-refractivity contribution in [2.75, 3.05) is 13.1 Å². The second kappa shape index (κ2) is 6.07. The topological polar surface area (TPSA) is 64.2 Å². The molecule has 2 aromatic rings. The van der Waals surface area contributed by atoms with E-state index in [1.54, 1.807) is 6.92 Å². The summed E-state index contributed by atoms with van der Waals surface area (Å²) in [5, 5.41) is 0. The van der Waals surface area contributed by atoms with Gasteiger partial charge >= 0.3 is 0 Å². The number of nitrogens with zero attached hydrogens (tertiary/aromatic N) is 4. The van der Waals surface area contributed by atoms with Crippen LogP contribution in [0.4, 0.5) is 0 Å². The van der Waals surface area contributed by atoms with Crippen LogP contribution >= 0.6 is 0 Å². The fraction of sp³-hybridized carbons (Fsp3) is 0.611. The second-order valence-corrected chi connectivity index (χ2v) is 6.95. The summed E-state index contributed by atoms with van der Waals surface area (Å²) in [7, 11) is 0. The van der Waals surface area contributed by atoms with Gasteiger partial charge in [0.15, 0.2) is 5.89 Å². The average Bonchev–Trinajstić information content (AvgIpc) is 3.17. The molecule has 1 amide bonds. The first kappa shape index (κ1) is 15.4. The Kier molecular flexibility index (Phi) is 3.90. The molecule has 0 aliphatic carbocycles. The molecule has 0 radical (unpaired) electrons. The second-order valence-electron chi connectivity index (χ2n) is 6.95. The van der Waals surface area contributed by atoms with Crippen LogP contribution in [-0.4, -0.2) is 38.4 Å². The zero-order valence-corrected chi connectivity index (χ0v) is 14.4. The van der Waals surface area contributed by atoms with Crippen LogP contribution in [-0.2, 0) is 13.0 Å². The van der Waals surface area contributed by atoms with Crippen LogP contribution < -0.4 is 0 Å². The summed E-state index contributed by atoms with van der Waals surface area (Å²) >= 11 is 0. The molecule has 0 saturated carbocycles. The molecule has 0 N–H and O–H groups in total. The van der Waals surface area contributed by atoms with Crippen LogP contribution in [0, 0.1) is 13.8 Å². The molecule has 2 aliphatic rings. The number of hydrogen-bond acceptors (Lipinski definition) is 4. The molecule has 0 aromatic carbocycles. The van der Waals surface area contributed by atoms with Crippen molar-refractivity contribution in [2.45, 2.75) is 58.4 Å². The van der Waals surface area contributed by atoms with Gasteiger partial charge in [0.2, 0.25) is 5.76 Å². The number of fused-ring (bicyclic) bond motifs is 1. The van der Waals surface area contributed by atoms with Crippen LogP contribution in [0.5, 0.6) is 0 Å². The van der Waals surface area contributed by atoms with Gasteiger partial charge in [0.05, 0.1) is 5.69 Å². The van der Waals surface area contributed by atoms with E-state index in [-0.39, 0.29) is 5.91 Å². The highest BCUT2D eigenvalue weighted by molar-refractivity contribution is 5.92. The molecule has 2 aromatic heterocycles. The molecule has 24 heavy (non-hydrogen) atoms. The molecule has 1 saturated heterocycles. The highest BCUT2D eigenvalue weighted by Gasteiger charge is 2.31. The van der Waals surface area contributed by atoms with Gasteiger partial charge in [0, 0.05) is 44.4 Å². The fourth-order valence-electron chi connectivity index (χ4n) is 4.03. The number of aromatic nitrogens is 3. The van der Waals surface area contributed by atoms with Gasteiger partial charge in [-0.15, -0.1) is 0 Å². The number of imidazole rings is 1. The van der Waals surface area contributed by atoms with Crippen LogP contribution in [0.25, 0.3) is 0 Å². The van der Waals surface area contributed by atoms with Gasteiger partial charge in [-0.05, 0) is 39.0 Å². The fourth-order valence-corrected chi connectivity index (χ4v) is 4.03. The summed E-state index contributed by atoms with van der Waals surface area (Å²) in [6, 6.07) is 0. The maximum atomic E-state index is 12.8. The summed E-state index contributed by atoms with van der Waals surface area (Å²) < 4.78 is 7.90. The Hall–Kier alpha value is -2.11. The number of aryl methyl sites for hydroxylation is 3. The van der Waals surface area contributed by atoms with E-state index in [2.05, 4.69) is 9.55 Å². The number of rotatable bonds is 2. The Morgan fingerprint density at radius 1 is 1.25 bits per heavy atom. The van der Waals surface area contributed by atoms with E-state index in [1.807, 2.05) is 18.0 Å². The summed E-state index contributed by atoms with van der Waals surface area (Å²) in [4.78, 5) is 23.6. The van der Waals surface area contributed by atoms with Crippen LogP contribution in [0.2, 0.25) is 0 Å². The van der Waals surface area contributed by atoms with Crippen molar-refractivity contribution in [2.24, 2.45) is 0 Å². The van der Waals surface area contributed by atoms with Crippen molar-refractivity contribution < 1.29 is 9.21 Å². The molecule has 0 spiro atoms. The van der Waals surface area contributed by atoms with Crippen LogP contribution in [0.15, 0.2) is 10.6 Å². The smallest absolute Gasteiger partial charge is 0.291 e. The number of piperidine rings is 1. The molecule has 1 atom stereocenters. The van der Waals surface area contributed by atoms with Crippen molar-refractivity contribution >= 4 is 5.91 Å². The van der Waals surface area contributed by atoms with Crippen molar-refractivity contribution in [3.05, 3.63) is 35.1 Å². The van der Waals surface area contributed by atoms with Gasteiger partial charge in [-0.1, -0.05) is 0 Å². The monoisotopic (exact) mass is 328 g/mol. The lowest BCUT2D eigenvalue weighted by Gasteiger charge is -2.32.